The Morgan fingerprint density at radius 3 is 2.41 bits per heavy atom. The summed E-state index contributed by atoms with van der Waals surface area (Å²) in [5.74, 6) is -1.05. The van der Waals surface area contributed by atoms with Gasteiger partial charge in [-0.15, -0.1) is 0 Å². The molecular weight excluding hydrogens is 558 g/mol. The van der Waals surface area contributed by atoms with Gasteiger partial charge in [-0.25, -0.2) is 23.1 Å². The van der Waals surface area contributed by atoms with Gasteiger partial charge in [0.25, 0.3) is 10.2 Å². The standard InChI is InChI=1S/C28H28F2N4O6S/c1-31-41(37,38)33-24-6-4-5-18(26(24)30)13-22-23(16-32-15-17-7-9-19(29)10-8-17)21-12-11-20(39-28(36)34(2)3)14-25(21)40-27(22)35/h4-12,14,31-33H,13,15-16H2,1-3H3. The maximum atomic E-state index is 15.4. The van der Waals surface area contributed by atoms with E-state index in [1.807, 2.05) is 0 Å². The van der Waals surface area contributed by atoms with E-state index in [-0.39, 0.29) is 46.9 Å². The zero-order valence-electron chi connectivity index (χ0n) is 22.5. The number of hydrogen-bond donors (Lipinski definition) is 3. The summed E-state index contributed by atoms with van der Waals surface area (Å²) in [7, 11) is 0.254. The third kappa shape index (κ3) is 7.25. The zero-order valence-corrected chi connectivity index (χ0v) is 23.3. The molecular formula is C28H28F2N4O6S. The lowest BCUT2D eigenvalue weighted by molar-refractivity contribution is 0.172. The molecule has 0 unspecified atom stereocenters. The SMILES string of the molecule is CNS(=O)(=O)Nc1cccc(Cc2c(CNCc3ccc(F)cc3)c3ccc(OC(=O)N(C)C)cc3oc2=O)c1F. The minimum absolute atomic E-state index is 0.0595. The van der Waals surface area contributed by atoms with E-state index in [9.17, 15) is 22.4 Å². The average molecular weight is 587 g/mol. The van der Waals surface area contributed by atoms with Gasteiger partial charge >= 0.3 is 11.7 Å². The lowest BCUT2D eigenvalue weighted by atomic mass is 9.97. The van der Waals surface area contributed by atoms with E-state index in [2.05, 4.69) is 14.8 Å². The topological polar surface area (TPSA) is 130 Å². The van der Waals surface area contributed by atoms with Crippen molar-refractivity contribution in [3.63, 3.8) is 0 Å². The van der Waals surface area contributed by atoms with Crippen LogP contribution in [0.15, 0.2) is 69.9 Å². The van der Waals surface area contributed by atoms with Crippen LogP contribution < -0.4 is 25.1 Å². The molecule has 0 spiro atoms. The Hall–Kier alpha value is -4.33. The molecule has 1 heterocycles. The molecule has 0 saturated heterocycles. The number of nitrogens with one attached hydrogen (secondary N) is 3. The predicted molar refractivity (Wildman–Crippen MR) is 150 cm³/mol. The maximum absolute atomic E-state index is 15.4. The Bertz CT molecular complexity index is 1740. The van der Waals surface area contributed by atoms with Crippen molar-refractivity contribution in [1.29, 1.82) is 0 Å². The van der Waals surface area contributed by atoms with Gasteiger partial charge in [-0.2, -0.15) is 8.42 Å². The monoisotopic (exact) mass is 586 g/mol. The van der Waals surface area contributed by atoms with Crippen LogP contribution in [0.25, 0.3) is 11.0 Å². The van der Waals surface area contributed by atoms with E-state index in [4.69, 9.17) is 9.15 Å². The minimum Gasteiger partial charge on any atom is -0.422 e. The van der Waals surface area contributed by atoms with Crippen LogP contribution in [-0.2, 0) is 29.7 Å². The summed E-state index contributed by atoms with van der Waals surface area (Å²) in [6.45, 7) is 0.495. The first-order chi connectivity index (χ1) is 19.5. The van der Waals surface area contributed by atoms with E-state index in [1.54, 1.807) is 24.3 Å². The van der Waals surface area contributed by atoms with Crippen LogP contribution in [0.1, 0.15) is 22.3 Å². The number of nitrogens with zero attached hydrogens (tertiary/aromatic N) is 1. The Kier molecular flexibility index (Phi) is 9.01. The highest BCUT2D eigenvalue weighted by molar-refractivity contribution is 7.90. The largest absolute Gasteiger partial charge is 0.422 e. The number of halogens is 2. The smallest absolute Gasteiger partial charge is 0.414 e. The highest BCUT2D eigenvalue weighted by Gasteiger charge is 2.20. The summed E-state index contributed by atoms with van der Waals surface area (Å²) in [5.41, 5.74) is 0.632. The lowest BCUT2D eigenvalue weighted by Gasteiger charge is -2.15. The summed E-state index contributed by atoms with van der Waals surface area (Å²) in [5, 5.41) is 3.74. The third-order valence-corrected chi connectivity index (χ3v) is 7.19. The van der Waals surface area contributed by atoms with Crippen LogP contribution in [0.5, 0.6) is 5.75 Å². The summed E-state index contributed by atoms with van der Waals surface area (Å²) < 4.78 is 67.5. The number of hydrogen-bond acceptors (Lipinski definition) is 7. The molecule has 216 valence electrons. The second-order valence-electron chi connectivity index (χ2n) is 9.26. The van der Waals surface area contributed by atoms with Crippen molar-refractivity contribution in [2.24, 2.45) is 0 Å². The average Bonchev–Trinajstić information content (AvgIpc) is 2.93. The molecule has 1 aromatic heterocycles. The third-order valence-electron chi connectivity index (χ3n) is 6.16. The van der Waals surface area contributed by atoms with Crippen molar-refractivity contribution >= 4 is 33.0 Å². The molecule has 10 nitrogen and oxygen atoms in total. The van der Waals surface area contributed by atoms with Crippen molar-refractivity contribution in [1.82, 2.24) is 14.9 Å². The summed E-state index contributed by atoms with van der Waals surface area (Å²) in [6, 6.07) is 14.7. The van der Waals surface area contributed by atoms with Gasteiger partial charge in [0.2, 0.25) is 0 Å². The molecule has 0 saturated carbocycles. The molecule has 0 aliphatic rings. The van der Waals surface area contributed by atoms with Gasteiger partial charge in [0, 0.05) is 57.7 Å². The number of ether oxygens (including phenoxy) is 1. The molecule has 3 N–H and O–H groups in total. The molecule has 41 heavy (non-hydrogen) atoms. The van der Waals surface area contributed by atoms with Crippen molar-refractivity contribution in [3.8, 4) is 5.75 Å². The first-order valence-corrected chi connectivity index (χ1v) is 13.9. The second kappa shape index (κ2) is 12.5. The summed E-state index contributed by atoms with van der Waals surface area (Å²) in [4.78, 5) is 26.5. The minimum atomic E-state index is -3.98. The fourth-order valence-corrected chi connectivity index (χ4v) is 4.58. The molecule has 1 amide bonds. The normalized spacial score (nSPS) is 11.4. The highest BCUT2D eigenvalue weighted by Crippen LogP contribution is 2.28. The van der Waals surface area contributed by atoms with Crippen LogP contribution in [0.2, 0.25) is 0 Å². The van der Waals surface area contributed by atoms with Crippen LogP contribution in [-0.4, -0.2) is 40.6 Å². The molecule has 4 rings (SSSR count). The fourth-order valence-electron chi connectivity index (χ4n) is 4.04. The number of carbonyl (C=O) groups excluding carboxylic acids is 1. The number of carbonyl (C=O) groups is 1. The summed E-state index contributed by atoms with van der Waals surface area (Å²) in [6.07, 6.45) is -0.821. The van der Waals surface area contributed by atoms with E-state index < -0.39 is 27.7 Å². The molecule has 0 fully saturated rings. The summed E-state index contributed by atoms with van der Waals surface area (Å²) >= 11 is 0. The van der Waals surface area contributed by atoms with E-state index in [0.29, 0.717) is 17.5 Å². The Balaban J connectivity index is 1.74. The van der Waals surface area contributed by atoms with Crippen LogP contribution >= 0.6 is 0 Å². The number of fused-ring (bicyclic) bond motifs is 1. The van der Waals surface area contributed by atoms with E-state index in [1.165, 1.54) is 62.4 Å². The Morgan fingerprint density at radius 1 is 1.00 bits per heavy atom. The van der Waals surface area contributed by atoms with Gasteiger partial charge in [-0.3, -0.25) is 4.72 Å². The maximum Gasteiger partial charge on any atom is 0.414 e. The number of anilines is 1. The van der Waals surface area contributed by atoms with Gasteiger partial charge in [0.1, 0.15) is 17.1 Å². The van der Waals surface area contributed by atoms with Crippen molar-refractivity contribution in [3.05, 3.63) is 105 Å². The zero-order chi connectivity index (χ0) is 29.7. The second-order valence-corrected chi connectivity index (χ2v) is 10.9. The van der Waals surface area contributed by atoms with Gasteiger partial charge in [0.15, 0.2) is 5.82 Å². The molecule has 3 aromatic carbocycles. The number of benzene rings is 3. The molecule has 4 aromatic rings. The van der Waals surface area contributed by atoms with Gasteiger partial charge < -0.3 is 19.4 Å². The first-order valence-electron chi connectivity index (χ1n) is 12.4. The van der Waals surface area contributed by atoms with E-state index >= 15 is 4.39 Å². The Labute approximate surface area is 235 Å². The fraction of sp³-hybridized carbons (Fsp3) is 0.214. The lowest BCUT2D eigenvalue weighted by Crippen LogP contribution is -2.27. The first kappa shape index (κ1) is 29.6. The van der Waals surface area contributed by atoms with Crippen LogP contribution in [0, 0.1) is 11.6 Å². The molecule has 0 bridgehead atoms. The molecule has 0 aliphatic carbocycles. The molecule has 0 atom stereocenters. The van der Waals surface area contributed by atoms with Crippen molar-refractivity contribution in [2.75, 3.05) is 25.9 Å². The quantitative estimate of drug-likeness (QED) is 0.241. The Morgan fingerprint density at radius 2 is 1.73 bits per heavy atom. The van der Waals surface area contributed by atoms with Gasteiger partial charge in [0.05, 0.1) is 5.69 Å². The van der Waals surface area contributed by atoms with E-state index in [0.717, 1.165) is 5.56 Å². The number of rotatable bonds is 10. The highest BCUT2D eigenvalue weighted by atomic mass is 32.2. The van der Waals surface area contributed by atoms with Crippen LogP contribution in [0.3, 0.4) is 0 Å². The molecule has 0 radical (unpaired) electrons. The van der Waals surface area contributed by atoms with Gasteiger partial charge in [-0.05, 0) is 47.0 Å². The molecule has 13 heteroatoms. The van der Waals surface area contributed by atoms with Crippen molar-refractivity contribution < 1.29 is 31.1 Å². The van der Waals surface area contributed by atoms with Gasteiger partial charge in [-0.1, -0.05) is 24.3 Å². The van der Waals surface area contributed by atoms with Crippen molar-refractivity contribution in [2.45, 2.75) is 19.5 Å². The molecule has 0 aliphatic heterocycles. The predicted octanol–water partition coefficient (Wildman–Crippen LogP) is 3.89. The number of amides is 1. The van der Waals surface area contributed by atoms with Crippen LogP contribution in [0.4, 0.5) is 19.3 Å².